The highest BCUT2D eigenvalue weighted by molar-refractivity contribution is 5.84. The first-order valence-electron chi connectivity index (χ1n) is 8.57. The van der Waals surface area contributed by atoms with Crippen LogP contribution >= 0.6 is 0 Å². The number of ether oxygens (including phenoxy) is 1. The molecule has 1 saturated heterocycles. The normalized spacial score (nSPS) is 16.4. The van der Waals surface area contributed by atoms with Crippen LogP contribution in [0.2, 0.25) is 0 Å². The van der Waals surface area contributed by atoms with Crippen molar-refractivity contribution in [2.75, 3.05) is 26.3 Å². The van der Waals surface area contributed by atoms with E-state index in [1.54, 1.807) is 10.9 Å². The molecular weight excluding hydrogens is 320 g/mol. The Morgan fingerprint density at radius 1 is 1.32 bits per heavy atom. The van der Waals surface area contributed by atoms with Crippen LogP contribution in [-0.4, -0.2) is 47.1 Å². The number of nitrogens with zero attached hydrogens (tertiary/aromatic N) is 2. The van der Waals surface area contributed by atoms with Crippen LogP contribution in [0.3, 0.4) is 0 Å². The van der Waals surface area contributed by atoms with Gasteiger partial charge in [-0.3, -0.25) is 9.48 Å². The number of carbonyl (C=O) groups excluding carboxylic acids is 1. The molecule has 1 aliphatic rings. The third kappa shape index (κ3) is 3.83. The number of aromatic nitrogens is 2. The number of hydrogen-bond acceptors (Lipinski definition) is 5. The van der Waals surface area contributed by atoms with Gasteiger partial charge in [0, 0.05) is 24.5 Å². The van der Waals surface area contributed by atoms with Crippen molar-refractivity contribution in [3.63, 3.8) is 0 Å². The number of nitrogens with one attached hydrogen (secondary N) is 2. The molecule has 1 aromatic heterocycles. The standard InChI is InChI=1S/C18H24N4O3/c23-12-13-25-16-5-2-1-4-15(16)14-20-17(24)18(6-9-19-10-7-18)22-11-3-8-21-22/h1-5,8,11,19,23H,6-7,9-10,12-14H2,(H,20,24). The molecule has 3 N–H and O–H groups in total. The van der Waals surface area contributed by atoms with Gasteiger partial charge in [-0.1, -0.05) is 18.2 Å². The fourth-order valence-corrected chi connectivity index (χ4v) is 3.21. The predicted molar refractivity (Wildman–Crippen MR) is 93.2 cm³/mol. The summed E-state index contributed by atoms with van der Waals surface area (Å²) in [4.78, 5) is 13.0. The Morgan fingerprint density at radius 3 is 2.84 bits per heavy atom. The number of para-hydroxylation sites is 1. The summed E-state index contributed by atoms with van der Waals surface area (Å²) in [5.74, 6) is 0.643. The number of benzene rings is 1. The maximum atomic E-state index is 13.0. The van der Waals surface area contributed by atoms with Crippen molar-refractivity contribution in [3.05, 3.63) is 48.3 Å². The van der Waals surface area contributed by atoms with E-state index >= 15 is 0 Å². The summed E-state index contributed by atoms with van der Waals surface area (Å²) in [5.41, 5.74) is 0.226. The van der Waals surface area contributed by atoms with E-state index in [-0.39, 0.29) is 19.1 Å². The molecule has 1 fully saturated rings. The number of carbonyl (C=O) groups is 1. The maximum Gasteiger partial charge on any atom is 0.248 e. The lowest BCUT2D eigenvalue weighted by molar-refractivity contribution is -0.132. The second-order valence-corrected chi connectivity index (χ2v) is 6.09. The van der Waals surface area contributed by atoms with Gasteiger partial charge >= 0.3 is 0 Å². The first-order chi connectivity index (χ1) is 12.3. The summed E-state index contributed by atoms with van der Waals surface area (Å²) < 4.78 is 7.31. The fourth-order valence-electron chi connectivity index (χ4n) is 3.21. The molecule has 2 heterocycles. The lowest BCUT2D eigenvalue weighted by Gasteiger charge is -2.36. The summed E-state index contributed by atoms with van der Waals surface area (Å²) in [5, 5.41) is 19.6. The Hall–Kier alpha value is -2.38. The molecule has 1 aromatic carbocycles. The van der Waals surface area contributed by atoms with E-state index in [4.69, 9.17) is 9.84 Å². The maximum absolute atomic E-state index is 13.0. The van der Waals surface area contributed by atoms with E-state index < -0.39 is 5.54 Å². The van der Waals surface area contributed by atoms with Crippen LogP contribution in [0.15, 0.2) is 42.7 Å². The van der Waals surface area contributed by atoms with Gasteiger partial charge in [-0.15, -0.1) is 0 Å². The zero-order chi connectivity index (χ0) is 17.5. The quantitative estimate of drug-likeness (QED) is 0.686. The molecule has 0 saturated carbocycles. The van der Waals surface area contributed by atoms with Gasteiger partial charge in [0.2, 0.25) is 5.91 Å². The zero-order valence-corrected chi connectivity index (χ0v) is 14.1. The Labute approximate surface area is 147 Å². The Kier molecular flexibility index (Phi) is 5.67. The minimum absolute atomic E-state index is 0.0327. The minimum atomic E-state index is -0.657. The van der Waals surface area contributed by atoms with Crippen molar-refractivity contribution in [3.8, 4) is 5.75 Å². The molecule has 0 radical (unpaired) electrons. The van der Waals surface area contributed by atoms with Gasteiger partial charge in [0.25, 0.3) is 0 Å². The number of rotatable bonds is 7. The van der Waals surface area contributed by atoms with E-state index in [1.807, 2.05) is 36.5 Å². The molecule has 0 spiro atoms. The number of aliphatic hydroxyl groups excluding tert-OH is 1. The van der Waals surface area contributed by atoms with Crippen molar-refractivity contribution in [2.45, 2.75) is 24.9 Å². The Morgan fingerprint density at radius 2 is 2.12 bits per heavy atom. The largest absolute Gasteiger partial charge is 0.491 e. The van der Waals surface area contributed by atoms with Crippen LogP contribution in [0, 0.1) is 0 Å². The predicted octanol–water partition coefficient (Wildman–Crippen LogP) is 0.649. The average molecular weight is 344 g/mol. The zero-order valence-electron chi connectivity index (χ0n) is 14.1. The van der Waals surface area contributed by atoms with Crippen LogP contribution in [0.5, 0.6) is 5.75 Å². The van der Waals surface area contributed by atoms with Gasteiger partial charge in [-0.05, 0) is 38.1 Å². The second kappa shape index (κ2) is 8.13. The van der Waals surface area contributed by atoms with Crippen LogP contribution in [-0.2, 0) is 16.9 Å². The summed E-state index contributed by atoms with van der Waals surface area (Å²) in [6.07, 6.45) is 4.95. The topological polar surface area (TPSA) is 88.4 Å². The third-order valence-corrected chi connectivity index (χ3v) is 4.56. The fraction of sp³-hybridized carbons (Fsp3) is 0.444. The van der Waals surface area contributed by atoms with Gasteiger partial charge in [0.05, 0.1) is 6.61 Å². The van der Waals surface area contributed by atoms with Gasteiger partial charge in [-0.2, -0.15) is 5.10 Å². The molecule has 25 heavy (non-hydrogen) atoms. The first-order valence-corrected chi connectivity index (χ1v) is 8.57. The summed E-state index contributed by atoms with van der Waals surface area (Å²) in [6.45, 7) is 2.12. The molecule has 0 bridgehead atoms. The highest BCUT2D eigenvalue weighted by atomic mass is 16.5. The molecule has 1 amide bonds. The van der Waals surface area contributed by atoms with Crippen molar-refractivity contribution >= 4 is 5.91 Å². The van der Waals surface area contributed by atoms with Crippen LogP contribution in [0.25, 0.3) is 0 Å². The molecule has 1 aliphatic heterocycles. The Balaban J connectivity index is 1.73. The van der Waals surface area contributed by atoms with E-state index in [0.29, 0.717) is 25.1 Å². The average Bonchev–Trinajstić information content (AvgIpc) is 3.21. The van der Waals surface area contributed by atoms with Crippen LogP contribution in [0.4, 0.5) is 0 Å². The molecule has 134 valence electrons. The highest BCUT2D eigenvalue weighted by Crippen LogP contribution is 2.27. The molecule has 2 aromatic rings. The van der Waals surface area contributed by atoms with Crippen LogP contribution < -0.4 is 15.4 Å². The summed E-state index contributed by atoms with van der Waals surface area (Å²) in [6, 6.07) is 9.37. The van der Waals surface area contributed by atoms with Crippen molar-refractivity contribution in [1.82, 2.24) is 20.4 Å². The molecular formula is C18H24N4O3. The number of aliphatic hydroxyl groups is 1. The van der Waals surface area contributed by atoms with E-state index in [9.17, 15) is 4.79 Å². The van der Waals surface area contributed by atoms with Crippen molar-refractivity contribution < 1.29 is 14.6 Å². The number of amides is 1. The molecule has 7 nitrogen and oxygen atoms in total. The van der Waals surface area contributed by atoms with Gasteiger partial charge in [0.15, 0.2) is 0 Å². The number of hydrogen-bond donors (Lipinski definition) is 3. The second-order valence-electron chi connectivity index (χ2n) is 6.09. The number of piperidine rings is 1. The van der Waals surface area contributed by atoms with E-state index in [1.165, 1.54) is 0 Å². The minimum Gasteiger partial charge on any atom is -0.491 e. The molecule has 7 heteroatoms. The van der Waals surface area contributed by atoms with Crippen LogP contribution in [0.1, 0.15) is 18.4 Å². The first kappa shape index (κ1) is 17.4. The molecule has 0 aliphatic carbocycles. The lowest BCUT2D eigenvalue weighted by Crippen LogP contribution is -2.54. The van der Waals surface area contributed by atoms with Gasteiger partial charge < -0.3 is 20.5 Å². The van der Waals surface area contributed by atoms with Gasteiger partial charge in [-0.25, -0.2) is 0 Å². The summed E-state index contributed by atoms with van der Waals surface area (Å²) >= 11 is 0. The van der Waals surface area contributed by atoms with Gasteiger partial charge in [0.1, 0.15) is 17.9 Å². The lowest BCUT2D eigenvalue weighted by atomic mass is 9.87. The van der Waals surface area contributed by atoms with Crippen molar-refractivity contribution in [1.29, 1.82) is 0 Å². The van der Waals surface area contributed by atoms with Crippen molar-refractivity contribution in [2.24, 2.45) is 0 Å². The van der Waals surface area contributed by atoms with E-state index in [2.05, 4.69) is 15.7 Å². The summed E-state index contributed by atoms with van der Waals surface area (Å²) in [7, 11) is 0. The van der Waals surface area contributed by atoms with E-state index in [0.717, 1.165) is 18.7 Å². The highest BCUT2D eigenvalue weighted by Gasteiger charge is 2.41. The monoisotopic (exact) mass is 344 g/mol. The molecule has 3 rings (SSSR count). The SMILES string of the molecule is O=C(NCc1ccccc1OCCO)C1(n2cccn2)CCNCC1. The smallest absolute Gasteiger partial charge is 0.248 e. The molecule has 0 atom stereocenters. The Bertz CT molecular complexity index is 681. The molecule has 0 unspecified atom stereocenters. The third-order valence-electron chi connectivity index (χ3n) is 4.56.